The Morgan fingerprint density at radius 2 is 1.21 bits per heavy atom. The second-order valence-corrected chi connectivity index (χ2v) is 10.2. The van der Waals surface area contributed by atoms with Gasteiger partial charge in [0.15, 0.2) is 23.7 Å². The minimum absolute atomic E-state index is 0.00511. The predicted octanol–water partition coefficient (Wildman–Crippen LogP) is 3.64. The number of benzene rings is 3. The molecular weight excluding hydrogens is 610 g/mol. The number of para-hydroxylation sites is 1. The van der Waals surface area contributed by atoms with Crippen LogP contribution in [0.2, 0.25) is 0 Å². The van der Waals surface area contributed by atoms with E-state index in [1.165, 1.54) is 0 Å². The maximum absolute atomic E-state index is 12.2. The van der Waals surface area contributed by atoms with Crippen LogP contribution in [0.3, 0.4) is 0 Å². The maximum Gasteiger partial charge on any atom is 0.223 e. The van der Waals surface area contributed by atoms with Crippen molar-refractivity contribution in [2.45, 2.75) is 6.42 Å². The van der Waals surface area contributed by atoms with Gasteiger partial charge in [-0.15, -0.1) is 0 Å². The highest BCUT2D eigenvalue weighted by molar-refractivity contribution is 6.22. The molecule has 2 aromatic heterocycles. The number of hydrogen-bond acceptors (Lipinski definition) is 12. The number of primary amides is 1. The number of nitrogens with zero attached hydrogens (tertiary/aromatic N) is 8. The van der Waals surface area contributed by atoms with Gasteiger partial charge in [0.05, 0.1) is 12.1 Å². The Labute approximate surface area is 273 Å². The van der Waals surface area contributed by atoms with Crippen molar-refractivity contribution < 1.29 is 19.2 Å². The number of oxime groups is 1. The monoisotopic (exact) mass is 631 g/mol. The lowest BCUT2D eigenvalue weighted by molar-refractivity contribution is -0.117. The number of amides is 1. The average Bonchev–Trinajstić information content (AvgIpc) is 3.57. The fourth-order valence-electron chi connectivity index (χ4n) is 5.09. The Morgan fingerprint density at radius 1 is 0.667 bits per heavy atom. The van der Waals surface area contributed by atoms with Crippen molar-refractivity contribution in [1.82, 2.24) is 19.9 Å². The molecule has 0 bridgehead atoms. The molecule has 48 heavy (non-hydrogen) atoms. The summed E-state index contributed by atoms with van der Waals surface area (Å²) in [7, 11) is 0. The van der Waals surface area contributed by atoms with E-state index in [0.29, 0.717) is 40.5 Å². The summed E-state index contributed by atoms with van der Waals surface area (Å²) >= 11 is 0. The molecule has 2 heterocycles. The van der Waals surface area contributed by atoms with Crippen LogP contribution in [0, 0.1) is 34.0 Å². The molecule has 0 atom stereocenters. The van der Waals surface area contributed by atoms with Gasteiger partial charge in [-0.05, 0) is 12.1 Å². The summed E-state index contributed by atoms with van der Waals surface area (Å²) in [6, 6.07) is 29.5. The third-order valence-electron chi connectivity index (χ3n) is 7.17. The van der Waals surface area contributed by atoms with Crippen LogP contribution in [-0.2, 0) is 16.1 Å². The molecule has 0 saturated heterocycles. The number of fused-ring (bicyclic) bond motifs is 6. The average molecular weight is 632 g/mol. The molecule has 3 aromatic carbocycles. The van der Waals surface area contributed by atoms with Crippen molar-refractivity contribution in [2.24, 2.45) is 10.9 Å². The van der Waals surface area contributed by atoms with Crippen molar-refractivity contribution >= 4 is 17.4 Å². The number of nitriles is 3. The molecule has 0 fully saturated rings. The van der Waals surface area contributed by atoms with Crippen LogP contribution in [0.5, 0.6) is 5.75 Å². The largest absolute Gasteiger partial charge is 0.490 e. The predicted molar refractivity (Wildman–Crippen MR) is 169 cm³/mol. The van der Waals surface area contributed by atoms with E-state index in [9.17, 15) is 20.1 Å². The first-order chi connectivity index (χ1) is 23.4. The Balaban J connectivity index is 0.000000177. The summed E-state index contributed by atoms with van der Waals surface area (Å²) in [5.74, 6) is -0.109. The van der Waals surface area contributed by atoms with E-state index in [4.69, 9.17) is 20.6 Å². The van der Waals surface area contributed by atoms with Crippen LogP contribution in [-0.4, -0.2) is 50.6 Å². The molecule has 13 heteroatoms. The fourth-order valence-corrected chi connectivity index (χ4v) is 5.09. The molecule has 0 aliphatic heterocycles. The van der Waals surface area contributed by atoms with Gasteiger partial charge in [-0.25, -0.2) is 19.9 Å². The van der Waals surface area contributed by atoms with Crippen LogP contribution in [0.1, 0.15) is 50.1 Å². The molecule has 230 valence electrons. The smallest absolute Gasteiger partial charge is 0.223 e. The highest BCUT2D eigenvalue weighted by Gasteiger charge is 2.32. The second kappa shape index (κ2) is 13.4. The van der Waals surface area contributed by atoms with Gasteiger partial charge in [0, 0.05) is 22.3 Å². The zero-order valence-corrected chi connectivity index (χ0v) is 24.9. The minimum Gasteiger partial charge on any atom is -0.490 e. The zero-order valence-electron chi connectivity index (χ0n) is 24.9. The van der Waals surface area contributed by atoms with E-state index in [2.05, 4.69) is 25.1 Å². The normalized spacial score (nSPS) is 12.2. The van der Waals surface area contributed by atoms with Gasteiger partial charge in [0.25, 0.3) is 0 Å². The summed E-state index contributed by atoms with van der Waals surface area (Å²) in [4.78, 5) is 45.5. The lowest BCUT2D eigenvalue weighted by Gasteiger charge is -2.05. The van der Waals surface area contributed by atoms with E-state index >= 15 is 0 Å². The summed E-state index contributed by atoms with van der Waals surface area (Å²) in [5.41, 5.74) is 10.0. The van der Waals surface area contributed by atoms with Crippen LogP contribution in [0.4, 0.5) is 0 Å². The quantitative estimate of drug-likeness (QED) is 0.198. The van der Waals surface area contributed by atoms with Gasteiger partial charge in [-0.1, -0.05) is 71.9 Å². The van der Waals surface area contributed by atoms with Gasteiger partial charge in [-0.2, -0.15) is 15.8 Å². The fraction of sp³-hybridized carbons (Fsp3) is 0.0857. The Bertz CT molecular complexity index is 2270. The molecule has 0 spiro atoms. The molecule has 0 saturated carbocycles. The van der Waals surface area contributed by atoms with Crippen molar-refractivity contribution in [3.63, 3.8) is 0 Å². The summed E-state index contributed by atoms with van der Waals surface area (Å²) in [5, 5.41) is 31.7. The number of hydrogen-bond donors (Lipinski definition) is 1. The SMILES string of the molecule is N#Cc1nc2c(nc1C#N)-c1ccccc1/C2=N\OCCOc1ccccc1.N#Cc1nc2c(nc1CC(N)=O)-c1ccccc1C2=O. The number of ether oxygens (including phenoxy) is 1. The number of carbonyl (C=O) groups excluding carboxylic acids is 2. The Morgan fingerprint density at radius 3 is 1.85 bits per heavy atom. The lowest BCUT2D eigenvalue weighted by Crippen LogP contribution is -2.17. The van der Waals surface area contributed by atoms with Gasteiger partial charge in [0.2, 0.25) is 11.7 Å². The molecule has 1 amide bonds. The molecule has 0 unspecified atom stereocenters. The first-order valence-corrected chi connectivity index (χ1v) is 14.4. The van der Waals surface area contributed by atoms with E-state index in [1.54, 1.807) is 24.3 Å². The molecule has 5 aromatic rings. The van der Waals surface area contributed by atoms with Gasteiger partial charge in [-0.3, -0.25) is 9.59 Å². The third-order valence-corrected chi connectivity index (χ3v) is 7.17. The molecule has 0 radical (unpaired) electrons. The van der Waals surface area contributed by atoms with Gasteiger partial charge < -0.3 is 15.3 Å². The van der Waals surface area contributed by atoms with Crippen LogP contribution in [0.25, 0.3) is 22.5 Å². The molecule has 2 aliphatic rings. The lowest BCUT2D eigenvalue weighted by atomic mass is 10.1. The number of nitrogens with two attached hydrogens (primary N) is 1. The number of ketones is 1. The molecular formula is C35H21N9O4. The van der Waals surface area contributed by atoms with Crippen molar-refractivity contribution in [2.75, 3.05) is 13.2 Å². The molecule has 2 aliphatic carbocycles. The standard InChI is InChI=1S/C21H13N5O2.C14H8N4O2/c22-12-17-18(13-23)25-21-19(24-17)15-8-4-5-9-16(15)20(21)26-28-11-10-27-14-6-2-1-3-7-14;15-6-10-9(5-11(16)19)17-12-7-3-1-2-4-8(7)14(20)13(12)18-10/h1-9H,10-11H2;1-4H,5H2,(H2,16,19)/b26-20+;. The molecule has 2 N–H and O–H groups in total. The molecule has 7 rings (SSSR count). The highest BCUT2D eigenvalue weighted by atomic mass is 16.6. The van der Waals surface area contributed by atoms with E-state index < -0.39 is 5.91 Å². The Hall–Kier alpha value is -7.30. The summed E-state index contributed by atoms with van der Waals surface area (Å²) in [6.07, 6.45) is -0.181. The van der Waals surface area contributed by atoms with Gasteiger partial charge >= 0.3 is 0 Å². The summed E-state index contributed by atoms with van der Waals surface area (Å²) in [6.45, 7) is 0.572. The van der Waals surface area contributed by atoms with Crippen molar-refractivity contribution in [3.05, 3.63) is 124 Å². The third kappa shape index (κ3) is 5.88. The Kier molecular flexibility index (Phi) is 8.55. The van der Waals surface area contributed by atoms with Crippen LogP contribution < -0.4 is 10.5 Å². The maximum atomic E-state index is 12.2. The number of carbonyl (C=O) groups is 2. The minimum atomic E-state index is -0.603. The van der Waals surface area contributed by atoms with E-state index in [1.807, 2.05) is 72.8 Å². The first kappa shape index (κ1) is 30.7. The topological polar surface area (TPSA) is 214 Å². The van der Waals surface area contributed by atoms with E-state index in [-0.39, 0.29) is 47.3 Å². The summed E-state index contributed by atoms with van der Waals surface area (Å²) < 4.78 is 5.58. The zero-order chi connectivity index (χ0) is 33.6. The first-order valence-electron chi connectivity index (χ1n) is 14.4. The number of rotatable bonds is 7. The molecule has 13 nitrogen and oxygen atoms in total. The van der Waals surface area contributed by atoms with Crippen LogP contribution in [0.15, 0.2) is 84.0 Å². The second-order valence-electron chi connectivity index (χ2n) is 10.2. The van der Waals surface area contributed by atoms with Crippen LogP contribution >= 0.6 is 0 Å². The van der Waals surface area contributed by atoms with Crippen molar-refractivity contribution in [3.8, 4) is 46.5 Å². The highest BCUT2D eigenvalue weighted by Crippen LogP contribution is 2.36. The van der Waals surface area contributed by atoms with Crippen molar-refractivity contribution in [1.29, 1.82) is 15.8 Å². The number of aromatic nitrogens is 4. The van der Waals surface area contributed by atoms with E-state index in [0.717, 1.165) is 16.9 Å². The van der Waals surface area contributed by atoms with Gasteiger partial charge in [0.1, 0.15) is 59.1 Å².